The van der Waals surface area contributed by atoms with Gasteiger partial charge < -0.3 is 14.8 Å². The van der Waals surface area contributed by atoms with Crippen LogP contribution in [0.5, 0.6) is 11.9 Å². The first-order valence-electron chi connectivity index (χ1n) is 9.20. The molecule has 5 rings (SSSR count). The van der Waals surface area contributed by atoms with Crippen LogP contribution in [0.1, 0.15) is 32.1 Å². The minimum atomic E-state index is -0.0651. The van der Waals surface area contributed by atoms with Gasteiger partial charge in [-0.2, -0.15) is 4.98 Å². The molecular formula is C19H25N3O3. The van der Waals surface area contributed by atoms with E-state index in [0.717, 1.165) is 11.8 Å². The molecule has 25 heavy (non-hydrogen) atoms. The second-order valence-electron chi connectivity index (χ2n) is 7.59. The molecule has 0 atom stereocenters. The summed E-state index contributed by atoms with van der Waals surface area (Å²) < 4.78 is 10.8. The van der Waals surface area contributed by atoms with Crippen LogP contribution in [0.25, 0.3) is 0 Å². The van der Waals surface area contributed by atoms with Crippen LogP contribution in [0.3, 0.4) is 0 Å². The van der Waals surface area contributed by atoms with E-state index in [9.17, 15) is 4.79 Å². The highest BCUT2D eigenvalue weighted by Gasteiger charge is 2.48. The maximum Gasteiger partial charge on any atom is 0.319 e. The zero-order chi connectivity index (χ0) is 17.2. The van der Waals surface area contributed by atoms with E-state index in [1.807, 2.05) is 0 Å². The third-order valence-electron chi connectivity index (χ3n) is 5.84. The Hall–Kier alpha value is -2.11. The number of carbonyl (C=O) groups is 1. The van der Waals surface area contributed by atoms with Gasteiger partial charge in [0.25, 0.3) is 5.91 Å². The van der Waals surface area contributed by atoms with E-state index in [4.69, 9.17) is 9.47 Å². The van der Waals surface area contributed by atoms with Gasteiger partial charge in [-0.25, -0.2) is 4.98 Å². The van der Waals surface area contributed by atoms with E-state index in [1.165, 1.54) is 32.1 Å². The number of amides is 1. The number of rotatable bonds is 7. The summed E-state index contributed by atoms with van der Waals surface area (Å²) in [6, 6.07) is 2.18. The Morgan fingerprint density at radius 3 is 2.60 bits per heavy atom. The lowest BCUT2D eigenvalue weighted by Gasteiger charge is -2.54. The van der Waals surface area contributed by atoms with Gasteiger partial charge in [0.15, 0.2) is 6.61 Å². The first kappa shape index (κ1) is 16.4. The predicted molar refractivity (Wildman–Crippen MR) is 92.2 cm³/mol. The minimum Gasteiger partial charge on any atom is -0.467 e. The van der Waals surface area contributed by atoms with Crippen molar-refractivity contribution < 1.29 is 14.3 Å². The third kappa shape index (κ3) is 3.62. The van der Waals surface area contributed by atoms with E-state index in [2.05, 4.69) is 21.9 Å². The minimum absolute atomic E-state index is 0.0271. The average Bonchev–Trinajstić information content (AvgIpc) is 2.61. The lowest BCUT2D eigenvalue weighted by molar-refractivity contribution is -0.127. The Labute approximate surface area is 148 Å². The second-order valence-corrected chi connectivity index (χ2v) is 7.59. The van der Waals surface area contributed by atoms with Gasteiger partial charge in [0.1, 0.15) is 6.61 Å². The Kier molecular flexibility index (Phi) is 4.59. The van der Waals surface area contributed by atoms with E-state index in [-0.39, 0.29) is 18.5 Å². The van der Waals surface area contributed by atoms with Gasteiger partial charge in [-0.05, 0) is 55.8 Å². The molecular weight excluding hydrogens is 318 g/mol. The number of hydrogen-bond donors (Lipinski definition) is 1. The van der Waals surface area contributed by atoms with Gasteiger partial charge in [0.2, 0.25) is 5.88 Å². The fourth-order valence-electron chi connectivity index (χ4n) is 5.14. The summed E-state index contributed by atoms with van der Waals surface area (Å²) in [5, 5.41) is 3.23. The lowest BCUT2D eigenvalue weighted by Crippen LogP contribution is -2.56. The number of nitrogens with zero attached hydrogens (tertiary/aromatic N) is 2. The maximum atomic E-state index is 12.3. The molecule has 1 aromatic heterocycles. The topological polar surface area (TPSA) is 73.3 Å². The normalized spacial score (nSPS) is 32.2. The molecule has 4 saturated carbocycles. The van der Waals surface area contributed by atoms with Crippen LogP contribution < -0.4 is 14.8 Å². The first-order chi connectivity index (χ1) is 12.2. The molecule has 6 nitrogen and oxygen atoms in total. The summed E-state index contributed by atoms with van der Waals surface area (Å²) in [6.45, 7) is 3.88. The van der Waals surface area contributed by atoms with Gasteiger partial charge in [-0.3, -0.25) is 4.79 Å². The van der Waals surface area contributed by atoms with E-state index in [1.54, 1.807) is 18.3 Å². The molecule has 4 fully saturated rings. The van der Waals surface area contributed by atoms with Crippen LogP contribution in [0.2, 0.25) is 0 Å². The summed E-state index contributed by atoms with van der Waals surface area (Å²) >= 11 is 0. The van der Waals surface area contributed by atoms with Crippen molar-refractivity contribution in [1.82, 2.24) is 15.3 Å². The molecule has 1 N–H and O–H groups in total. The molecule has 0 aromatic carbocycles. The molecule has 6 heteroatoms. The monoisotopic (exact) mass is 343 g/mol. The van der Waals surface area contributed by atoms with Crippen molar-refractivity contribution in [3.63, 3.8) is 0 Å². The third-order valence-corrected chi connectivity index (χ3v) is 5.84. The SMILES string of the molecule is C=CCOc1nccc(OCC(=O)NC2C3CC4CC(C3)CC2C4)n1. The molecule has 1 amide bonds. The Bertz CT molecular complexity index is 621. The fourth-order valence-corrected chi connectivity index (χ4v) is 5.14. The summed E-state index contributed by atoms with van der Waals surface area (Å²) in [5.41, 5.74) is 0. The van der Waals surface area contributed by atoms with Crippen LogP contribution in [-0.2, 0) is 4.79 Å². The van der Waals surface area contributed by atoms with Crippen molar-refractivity contribution in [1.29, 1.82) is 0 Å². The molecule has 4 aliphatic rings. The molecule has 0 radical (unpaired) electrons. The fraction of sp³-hybridized carbons (Fsp3) is 0.632. The summed E-state index contributed by atoms with van der Waals surface area (Å²) in [5.74, 6) is 3.42. The van der Waals surface area contributed by atoms with Crippen molar-refractivity contribution in [2.75, 3.05) is 13.2 Å². The molecule has 4 bridgehead atoms. The van der Waals surface area contributed by atoms with Crippen molar-refractivity contribution in [3.05, 3.63) is 24.9 Å². The molecule has 0 aliphatic heterocycles. The van der Waals surface area contributed by atoms with Crippen LogP contribution in [0.15, 0.2) is 24.9 Å². The van der Waals surface area contributed by atoms with Gasteiger partial charge >= 0.3 is 6.01 Å². The summed E-state index contributed by atoms with van der Waals surface area (Å²) in [6.07, 6.45) is 9.74. The van der Waals surface area contributed by atoms with Crippen LogP contribution in [0, 0.1) is 23.7 Å². The van der Waals surface area contributed by atoms with E-state index < -0.39 is 0 Å². The highest BCUT2D eigenvalue weighted by molar-refractivity contribution is 5.77. The number of hydrogen-bond acceptors (Lipinski definition) is 5. The maximum absolute atomic E-state index is 12.3. The van der Waals surface area contributed by atoms with Crippen molar-refractivity contribution in [3.8, 4) is 11.9 Å². The smallest absolute Gasteiger partial charge is 0.319 e. The van der Waals surface area contributed by atoms with E-state index in [0.29, 0.717) is 30.4 Å². The Morgan fingerprint density at radius 2 is 1.92 bits per heavy atom. The van der Waals surface area contributed by atoms with Gasteiger partial charge in [-0.15, -0.1) is 0 Å². The molecule has 0 spiro atoms. The average molecular weight is 343 g/mol. The highest BCUT2D eigenvalue weighted by atomic mass is 16.5. The Balaban J connectivity index is 1.29. The van der Waals surface area contributed by atoms with Crippen LogP contribution >= 0.6 is 0 Å². The molecule has 0 unspecified atom stereocenters. The lowest BCUT2D eigenvalue weighted by atomic mass is 9.54. The molecule has 0 saturated heterocycles. The number of ether oxygens (including phenoxy) is 2. The predicted octanol–water partition coefficient (Wildman–Crippen LogP) is 2.36. The molecule has 1 aromatic rings. The van der Waals surface area contributed by atoms with Crippen molar-refractivity contribution >= 4 is 5.91 Å². The van der Waals surface area contributed by atoms with Crippen molar-refractivity contribution in [2.24, 2.45) is 23.7 Å². The summed E-state index contributed by atoms with van der Waals surface area (Å²) in [7, 11) is 0. The number of nitrogens with one attached hydrogen (secondary N) is 1. The standard InChI is InChI=1S/C19H25N3O3/c1-2-5-24-19-20-4-3-17(22-19)25-11-16(23)21-18-14-7-12-6-13(9-14)10-15(18)8-12/h2-4,12-15,18H,1,5-11H2,(H,21,23). The van der Waals surface area contributed by atoms with Gasteiger partial charge in [0.05, 0.1) is 0 Å². The summed E-state index contributed by atoms with van der Waals surface area (Å²) in [4.78, 5) is 20.4. The Morgan fingerprint density at radius 1 is 1.20 bits per heavy atom. The van der Waals surface area contributed by atoms with Crippen LogP contribution in [0.4, 0.5) is 0 Å². The number of aromatic nitrogens is 2. The second kappa shape index (κ2) is 7.02. The van der Waals surface area contributed by atoms with E-state index >= 15 is 0 Å². The van der Waals surface area contributed by atoms with Crippen LogP contribution in [-0.4, -0.2) is 35.1 Å². The largest absolute Gasteiger partial charge is 0.467 e. The number of carbonyl (C=O) groups excluding carboxylic acids is 1. The quantitative estimate of drug-likeness (QED) is 0.770. The molecule has 134 valence electrons. The van der Waals surface area contributed by atoms with Gasteiger partial charge in [-0.1, -0.05) is 12.7 Å². The molecule has 1 heterocycles. The first-order valence-corrected chi connectivity index (χ1v) is 9.20. The highest BCUT2D eigenvalue weighted by Crippen LogP contribution is 2.53. The van der Waals surface area contributed by atoms with Gasteiger partial charge in [0, 0.05) is 18.3 Å². The molecule has 4 aliphatic carbocycles. The van der Waals surface area contributed by atoms with Crippen molar-refractivity contribution in [2.45, 2.75) is 38.1 Å². The zero-order valence-electron chi connectivity index (χ0n) is 14.4. The zero-order valence-corrected chi connectivity index (χ0v) is 14.4.